The van der Waals surface area contributed by atoms with Crippen molar-refractivity contribution in [2.45, 2.75) is 58.2 Å². The van der Waals surface area contributed by atoms with Crippen molar-refractivity contribution >= 4 is 17.6 Å². The van der Waals surface area contributed by atoms with Gasteiger partial charge in [0, 0.05) is 12.3 Å². The zero-order valence-electron chi connectivity index (χ0n) is 18.4. The Morgan fingerprint density at radius 2 is 1.87 bits per heavy atom. The van der Waals surface area contributed by atoms with Crippen LogP contribution in [0.25, 0.3) is 0 Å². The first kappa shape index (κ1) is 22.8. The Labute approximate surface area is 183 Å². The number of ether oxygens (including phenoxy) is 3. The van der Waals surface area contributed by atoms with Crippen molar-refractivity contribution in [2.75, 3.05) is 18.5 Å². The second kappa shape index (κ2) is 11.0. The van der Waals surface area contributed by atoms with E-state index in [9.17, 15) is 9.59 Å². The third-order valence-electron chi connectivity index (χ3n) is 5.56. The Kier molecular flexibility index (Phi) is 8.06. The van der Waals surface area contributed by atoms with Crippen molar-refractivity contribution in [3.8, 4) is 5.75 Å². The molecule has 3 atom stereocenters. The van der Waals surface area contributed by atoms with Crippen LogP contribution in [0.1, 0.15) is 61.9 Å². The summed E-state index contributed by atoms with van der Waals surface area (Å²) in [7, 11) is 0. The van der Waals surface area contributed by atoms with E-state index in [2.05, 4.69) is 19.2 Å². The predicted octanol–water partition coefficient (Wildman–Crippen LogP) is 4.94. The molecule has 1 aliphatic heterocycles. The standard InChI is InChI=1S/C25H31NO5/c1-4-17(2)22-9-5-6-10-23(22)26-24(27)18(3)31-25(28)19-11-13-20(14-12-19)30-16-21-8-7-15-29-21/h5-6,9-14,17-18,21H,4,7-8,15-16H2,1-3H3,(H,26,27)/t17-,18-,21+/m1/s1. The molecule has 0 aliphatic carbocycles. The first-order chi connectivity index (χ1) is 15.0. The summed E-state index contributed by atoms with van der Waals surface area (Å²) in [6.45, 7) is 7.07. The fourth-order valence-electron chi connectivity index (χ4n) is 3.43. The molecule has 31 heavy (non-hydrogen) atoms. The first-order valence-corrected chi connectivity index (χ1v) is 10.9. The molecule has 1 fully saturated rings. The molecule has 0 aromatic heterocycles. The molecule has 0 spiro atoms. The van der Waals surface area contributed by atoms with E-state index >= 15 is 0 Å². The Morgan fingerprint density at radius 1 is 1.13 bits per heavy atom. The van der Waals surface area contributed by atoms with Crippen LogP contribution in [0.15, 0.2) is 48.5 Å². The van der Waals surface area contributed by atoms with E-state index < -0.39 is 12.1 Å². The molecule has 1 amide bonds. The van der Waals surface area contributed by atoms with Crippen molar-refractivity contribution in [3.63, 3.8) is 0 Å². The number of amides is 1. The monoisotopic (exact) mass is 425 g/mol. The van der Waals surface area contributed by atoms with Crippen LogP contribution < -0.4 is 10.1 Å². The van der Waals surface area contributed by atoms with Crippen LogP contribution in [0.2, 0.25) is 0 Å². The van der Waals surface area contributed by atoms with E-state index in [0.29, 0.717) is 23.8 Å². The summed E-state index contributed by atoms with van der Waals surface area (Å²) >= 11 is 0. The van der Waals surface area contributed by atoms with E-state index in [1.165, 1.54) is 0 Å². The van der Waals surface area contributed by atoms with Crippen molar-refractivity contribution in [2.24, 2.45) is 0 Å². The summed E-state index contributed by atoms with van der Waals surface area (Å²) < 4.78 is 16.6. The number of hydrogen-bond donors (Lipinski definition) is 1. The fourth-order valence-corrected chi connectivity index (χ4v) is 3.43. The fraction of sp³-hybridized carbons (Fsp3) is 0.440. The van der Waals surface area contributed by atoms with E-state index in [1.807, 2.05) is 24.3 Å². The van der Waals surface area contributed by atoms with Crippen LogP contribution in [0, 0.1) is 0 Å². The molecule has 3 rings (SSSR count). The summed E-state index contributed by atoms with van der Waals surface area (Å²) in [6.07, 6.45) is 2.24. The molecule has 0 saturated carbocycles. The number of para-hydroxylation sites is 1. The van der Waals surface area contributed by atoms with Crippen LogP contribution >= 0.6 is 0 Å². The lowest BCUT2D eigenvalue weighted by Gasteiger charge is -2.18. The molecule has 6 heteroatoms. The van der Waals surface area contributed by atoms with Crippen molar-refractivity contribution in [1.82, 2.24) is 0 Å². The summed E-state index contributed by atoms with van der Waals surface area (Å²) in [6, 6.07) is 14.4. The molecule has 0 bridgehead atoms. The van der Waals surface area contributed by atoms with Gasteiger partial charge in [-0.3, -0.25) is 4.79 Å². The van der Waals surface area contributed by atoms with Gasteiger partial charge in [0.25, 0.3) is 5.91 Å². The average Bonchev–Trinajstić information content (AvgIpc) is 3.31. The van der Waals surface area contributed by atoms with Gasteiger partial charge in [0.15, 0.2) is 6.10 Å². The third-order valence-corrected chi connectivity index (χ3v) is 5.56. The highest BCUT2D eigenvalue weighted by Gasteiger charge is 2.21. The highest BCUT2D eigenvalue weighted by atomic mass is 16.5. The molecule has 1 aliphatic rings. The van der Waals surface area contributed by atoms with Gasteiger partial charge in [0.05, 0.1) is 11.7 Å². The quantitative estimate of drug-likeness (QED) is 0.576. The molecule has 2 aromatic rings. The van der Waals surface area contributed by atoms with E-state index in [4.69, 9.17) is 14.2 Å². The Bertz CT molecular complexity index is 874. The van der Waals surface area contributed by atoms with Gasteiger partial charge in [0.2, 0.25) is 0 Å². The van der Waals surface area contributed by atoms with Gasteiger partial charge in [-0.25, -0.2) is 4.79 Å². The maximum absolute atomic E-state index is 12.6. The minimum absolute atomic E-state index is 0.134. The molecule has 2 aromatic carbocycles. The maximum Gasteiger partial charge on any atom is 0.338 e. The van der Waals surface area contributed by atoms with Crippen LogP contribution in [0.5, 0.6) is 5.75 Å². The topological polar surface area (TPSA) is 73.9 Å². The summed E-state index contributed by atoms with van der Waals surface area (Å²) in [5.41, 5.74) is 2.18. The number of anilines is 1. The molecule has 1 saturated heterocycles. The zero-order valence-corrected chi connectivity index (χ0v) is 18.4. The van der Waals surface area contributed by atoms with Gasteiger partial charge in [0.1, 0.15) is 12.4 Å². The number of carbonyl (C=O) groups excluding carboxylic acids is 2. The molecule has 166 valence electrons. The smallest absolute Gasteiger partial charge is 0.338 e. The minimum atomic E-state index is -0.923. The van der Waals surface area contributed by atoms with Crippen molar-refractivity contribution in [1.29, 1.82) is 0 Å². The lowest BCUT2D eigenvalue weighted by molar-refractivity contribution is -0.123. The number of nitrogens with one attached hydrogen (secondary N) is 1. The van der Waals surface area contributed by atoms with Crippen LogP contribution in [-0.2, 0) is 14.3 Å². The second-order valence-electron chi connectivity index (χ2n) is 7.90. The predicted molar refractivity (Wildman–Crippen MR) is 120 cm³/mol. The summed E-state index contributed by atoms with van der Waals surface area (Å²) in [5, 5.41) is 2.89. The average molecular weight is 426 g/mol. The van der Waals surface area contributed by atoms with E-state index in [0.717, 1.165) is 37.1 Å². The van der Waals surface area contributed by atoms with Crippen molar-refractivity contribution < 1.29 is 23.8 Å². The van der Waals surface area contributed by atoms with Gasteiger partial charge in [-0.05, 0) is 68.0 Å². The van der Waals surface area contributed by atoms with Gasteiger partial charge >= 0.3 is 5.97 Å². The summed E-state index contributed by atoms with van der Waals surface area (Å²) in [4.78, 5) is 25.0. The Hall–Kier alpha value is -2.86. The molecule has 0 unspecified atom stereocenters. The van der Waals surface area contributed by atoms with Crippen molar-refractivity contribution in [3.05, 3.63) is 59.7 Å². The number of carbonyl (C=O) groups is 2. The highest BCUT2D eigenvalue weighted by molar-refractivity contribution is 5.97. The molecule has 1 heterocycles. The van der Waals surface area contributed by atoms with E-state index in [-0.39, 0.29) is 12.0 Å². The number of benzene rings is 2. The van der Waals surface area contributed by atoms with Crippen LogP contribution in [-0.4, -0.2) is 37.3 Å². The van der Waals surface area contributed by atoms with Gasteiger partial charge in [-0.2, -0.15) is 0 Å². The molecular weight excluding hydrogens is 394 g/mol. The molecule has 6 nitrogen and oxygen atoms in total. The van der Waals surface area contributed by atoms with Crippen LogP contribution in [0.4, 0.5) is 5.69 Å². The highest BCUT2D eigenvalue weighted by Crippen LogP contribution is 2.26. The Balaban J connectivity index is 1.53. The second-order valence-corrected chi connectivity index (χ2v) is 7.90. The SMILES string of the molecule is CC[C@@H](C)c1ccccc1NC(=O)[C@@H](C)OC(=O)c1ccc(OC[C@@H]2CCCO2)cc1. The number of hydrogen-bond acceptors (Lipinski definition) is 5. The van der Waals surface area contributed by atoms with Crippen LogP contribution in [0.3, 0.4) is 0 Å². The normalized spacial score (nSPS) is 17.6. The maximum atomic E-state index is 12.6. The molecular formula is C25H31NO5. The summed E-state index contributed by atoms with van der Waals surface area (Å²) in [5.74, 6) is 0.0685. The van der Waals surface area contributed by atoms with Gasteiger partial charge in [-0.15, -0.1) is 0 Å². The van der Waals surface area contributed by atoms with Gasteiger partial charge < -0.3 is 19.5 Å². The first-order valence-electron chi connectivity index (χ1n) is 10.9. The lowest BCUT2D eigenvalue weighted by Crippen LogP contribution is -2.30. The zero-order chi connectivity index (χ0) is 22.2. The molecule has 1 N–H and O–H groups in total. The van der Waals surface area contributed by atoms with E-state index in [1.54, 1.807) is 31.2 Å². The largest absolute Gasteiger partial charge is 0.491 e. The van der Waals surface area contributed by atoms with Gasteiger partial charge in [-0.1, -0.05) is 32.0 Å². The number of rotatable bonds is 9. The number of esters is 1. The lowest BCUT2D eigenvalue weighted by atomic mass is 9.97. The third kappa shape index (κ3) is 6.31. The minimum Gasteiger partial charge on any atom is -0.491 e. The Morgan fingerprint density at radius 3 is 2.55 bits per heavy atom. The molecule has 0 radical (unpaired) electrons.